The number of carbonyl (C=O) groups excluding carboxylic acids is 1. The number of nitrogens with zero attached hydrogens (tertiary/aromatic N) is 1. The molecule has 2 N–H and O–H groups in total. The Bertz CT molecular complexity index is 557. The molecule has 1 unspecified atom stereocenters. The van der Waals surface area contributed by atoms with Crippen LogP contribution in [0.25, 0.3) is 0 Å². The fourth-order valence-corrected chi connectivity index (χ4v) is 2.74. The van der Waals surface area contributed by atoms with E-state index in [2.05, 4.69) is 15.3 Å². The van der Waals surface area contributed by atoms with Crippen LogP contribution >= 0.6 is 11.8 Å². The van der Waals surface area contributed by atoms with Crippen LogP contribution in [0.3, 0.4) is 0 Å². The predicted molar refractivity (Wildman–Crippen MR) is 81.5 cm³/mol. The number of thioether (sulfide) groups is 1. The second kappa shape index (κ2) is 7.83. The van der Waals surface area contributed by atoms with Gasteiger partial charge in [-0.1, -0.05) is 6.92 Å². The molecule has 0 aliphatic heterocycles. The van der Waals surface area contributed by atoms with Gasteiger partial charge in [-0.05, 0) is 30.7 Å². The SMILES string of the molecule is CCC(NC(=O)CCSc1ccc(F)cc1)c1ncc[nH]1. The number of halogens is 1. The minimum Gasteiger partial charge on any atom is -0.347 e. The maximum absolute atomic E-state index is 12.8. The largest absolute Gasteiger partial charge is 0.347 e. The number of imidazole rings is 1. The Morgan fingerprint density at radius 2 is 2.19 bits per heavy atom. The topological polar surface area (TPSA) is 57.8 Å². The number of amides is 1. The molecule has 1 aromatic heterocycles. The number of nitrogens with one attached hydrogen (secondary N) is 2. The molecular weight excluding hydrogens is 289 g/mol. The smallest absolute Gasteiger partial charge is 0.221 e. The lowest BCUT2D eigenvalue weighted by molar-refractivity contribution is -0.121. The van der Waals surface area contributed by atoms with Gasteiger partial charge in [0.25, 0.3) is 0 Å². The van der Waals surface area contributed by atoms with E-state index in [0.717, 1.165) is 17.1 Å². The molecule has 6 heteroatoms. The Balaban J connectivity index is 1.75. The lowest BCUT2D eigenvalue weighted by atomic mass is 10.2. The van der Waals surface area contributed by atoms with Crippen LogP contribution < -0.4 is 5.32 Å². The van der Waals surface area contributed by atoms with E-state index >= 15 is 0 Å². The van der Waals surface area contributed by atoms with Crippen molar-refractivity contribution in [3.8, 4) is 0 Å². The van der Waals surface area contributed by atoms with E-state index in [1.54, 1.807) is 24.5 Å². The first-order valence-electron chi connectivity index (χ1n) is 6.86. The average molecular weight is 307 g/mol. The summed E-state index contributed by atoms with van der Waals surface area (Å²) in [5.74, 6) is 1.18. The molecule has 0 spiro atoms. The summed E-state index contributed by atoms with van der Waals surface area (Å²) in [6.07, 6.45) is 4.62. The Kier molecular flexibility index (Phi) is 5.80. The Labute approximate surface area is 127 Å². The lowest BCUT2D eigenvalue weighted by Crippen LogP contribution is -2.29. The van der Waals surface area contributed by atoms with Crippen LogP contribution in [-0.4, -0.2) is 21.6 Å². The third kappa shape index (κ3) is 4.90. The van der Waals surface area contributed by atoms with Crippen molar-refractivity contribution >= 4 is 17.7 Å². The van der Waals surface area contributed by atoms with E-state index in [0.29, 0.717) is 12.2 Å². The molecule has 1 atom stereocenters. The zero-order valence-corrected chi connectivity index (χ0v) is 12.6. The first-order valence-corrected chi connectivity index (χ1v) is 7.84. The van der Waals surface area contributed by atoms with Gasteiger partial charge in [0, 0.05) is 29.5 Å². The van der Waals surface area contributed by atoms with Gasteiger partial charge >= 0.3 is 0 Å². The zero-order chi connectivity index (χ0) is 15.1. The van der Waals surface area contributed by atoms with Crippen molar-refractivity contribution in [2.75, 3.05) is 5.75 Å². The molecular formula is C15H18FN3OS. The van der Waals surface area contributed by atoms with E-state index in [-0.39, 0.29) is 17.8 Å². The van der Waals surface area contributed by atoms with Gasteiger partial charge in [0.05, 0.1) is 6.04 Å². The van der Waals surface area contributed by atoms with E-state index in [1.807, 2.05) is 6.92 Å². The summed E-state index contributed by atoms with van der Waals surface area (Å²) in [7, 11) is 0. The molecule has 0 fully saturated rings. The maximum Gasteiger partial charge on any atom is 0.221 e. The first kappa shape index (κ1) is 15.6. The Morgan fingerprint density at radius 1 is 1.43 bits per heavy atom. The Morgan fingerprint density at radius 3 is 2.81 bits per heavy atom. The highest BCUT2D eigenvalue weighted by atomic mass is 32.2. The molecule has 21 heavy (non-hydrogen) atoms. The van der Waals surface area contributed by atoms with Gasteiger partial charge in [-0.15, -0.1) is 11.8 Å². The van der Waals surface area contributed by atoms with Gasteiger partial charge < -0.3 is 10.3 Å². The number of H-pyrrole nitrogens is 1. The number of benzene rings is 1. The molecule has 1 aromatic carbocycles. The van der Waals surface area contributed by atoms with Crippen molar-refractivity contribution in [2.45, 2.75) is 30.7 Å². The fraction of sp³-hybridized carbons (Fsp3) is 0.333. The van der Waals surface area contributed by atoms with Gasteiger partial charge in [-0.25, -0.2) is 9.37 Å². The number of aromatic amines is 1. The van der Waals surface area contributed by atoms with Gasteiger partial charge in [0.1, 0.15) is 11.6 Å². The lowest BCUT2D eigenvalue weighted by Gasteiger charge is -2.14. The zero-order valence-electron chi connectivity index (χ0n) is 11.8. The molecule has 0 aliphatic rings. The number of hydrogen-bond acceptors (Lipinski definition) is 3. The van der Waals surface area contributed by atoms with E-state index < -0.39 is 0 Å². The van der Waals surface area contributed by atoms with E-state index in [4.69, 9.17) is 0 Å². The second-order valence-corrected chi connectivity index (χ2v) is 5.72. The maximum atomic E-state index is 12.8. The highest BCUT2D eigenvalue weighted by Gasteiger charge is 2.14. The molecule has 112 valence electrons. The number of rotatable bonds is 7. The molecule has 4 nitrogen and oxygen atoms in total. The van der Waals surface area contributed by atoms with Crippen LogP contribution in [0.15, 0.2) is 41.6 Å². The van der Waals surface area contributed by atoms with Crippen molar-refractivity contribution in [3.63, 3.8) is 0 Å². The monoisotopic (exact) mass is 307 g/mol. The molecule has 1 heterocycles. The summed E-state index contributed by atoms with van der Waals surface area (Å²) in [5.41, 5.74) is 0. The summed E-state index contributed by atoms with van der Waals surface area (Å²) >= 11 is 1.54. The molecule has 2 rings (SSSR count). The van der Waals surface area contributed by atoms with Crippen LogP contribution in [0.4, 0.5) is 4.39 Å². The van der Waals surface area contributed by atoms with Crippen molar-refractivity contribution < 1.29 is 9.18 Å². The van der Waals surface area contributed by atoms with Crippen LogP contribution in [0.2, 0.25) is 0 Å². The van der Waals surface area contributed by atoms with Crippen LogP contribution in [0, 0.1) is 5.82 Å². The van der Waals surface area contributed by atoms with Crippen molar-refractivity contribution in [2.24, 2.45) is 0 Å². The molecule has 2 aromatic rings. The van der Waals surface area contributed by atoms with Crippen LogP contribution in [0.1, 0.15) is 31.6 Å². The third-order valence-electron chi connectivity index (χ3n) is 3.00. The van der Waals surface area contributed by atoms with Crippen molar-refractivity contribution in [3.05, 3.63) is 48.3 Å². The minimum absolute atomic E-state index is 0.00661. The quantitative estimate of drug-likeness (QED) is 0.772. The third-order valence-corrected chi connectivity index (χ3v) is 4.02. The highest BCUT2D eigenvalue weighted by molar-refractivity contribution is 7.99. The van der Waals surface area contributed by atoms with Gasteiger partial charge in [0.2, 0.25) is 5.91 Å². The summed E-state index contributed by atoms with van der Waals surface area (Å²) < 4.78 is 12.8. The fourth-order valence-electron chi connectivity index (χ4n) is 1.89. The van der Waals surface area contributed by atoms with Gasteiger partial charge in [-0.2, -0.15) is 0 Å². The summed E-state index contributed by atoms with van der Waals surface area (Å²) in [4.78, 5) is 20.1. The number of carbonyl (C=O) groups is 1. The summed E-state index contributed by atoms with van der Waals surface area (Å²) in [6, 6.07) is 6.20. The summed E-state index contributed by atoms with van der Waals surface area (Å²) in [5, 5.41) is 2.96. The van der Waals surface area contributed by atoms with Crippen molar-refractivity contribution in [1.29, 1.82) is 0 Å². The standard InChI is InChI=1S/C15H18FN3OS/c1-2-13(15-17-8-9-18-15)19-14(20)7-10-21-12-5-3-11(16)4-6-12/h3-6,8-9,13H,2,7,10H2,1H3,(H,17,18)(H,19,20). The van der Waals surface area contributed by atoms with Crippen LogP contribution in [-0.2, 0) is 4.79 Å². The molecule has 0 saturated carbocycles. The predicted octanol–water partition coefficient (Wildman–Crippen LogP) is 3.30. The van der Waals surface area contributed by atoms with Crippen LogP contribution in [0.5, 0.6) is 0 Å². The molecule has 0 bridgehead atoms. The summed E-state index contributed by atoms with van der Waals surface area (Å²) in [6.45, 7) is 2.00. The average Bonchev–Trinajstić information content (AvgIpc) is 3.01. The highest BCUT2D eigenvalue weighted by Crippen LogP contribution is 2.19. The number of aromatic nitrogens is 2. The van der Waals surface area contributed by atoms with E-state index in [9.17, 15) is 9.18 Å². The molecule has 0 aliphatic carbocycles. The van der Waals surface area contributed by atoms with Gasteiger partial charge in [0.15, 0.2) is 0 Å². The second-order valence-electron chi connectivity index (χ2n) is 4.56. The van der Waals surface area contributed by atoms with Gasteiger partial charge in [-0.3, -0.25) is 4.79 Å². The molecule has 0 saturated heterocycles. The first-order chi connectivity index (χ1) is 10.2. The van der Waals surface area contributed by atoms with Crippen molar-refractivity contribution in [1.82, 2.24) is 15.3 Å². The Hall–Kier alpha value is -1.82. The molecule has 0 radical (unpaired) electrons. The molecule has 1 amide bonds. The number of hydrogen-bond donors (Lipinski definition) is 2. The normalized spacial score (nSPS) is 12.1. The van der Waals surface area contributed by atoms with E-state index in [1.165, 1.54) is 23.9 Å². The minimum atomic E-state index is -0.249.